The summed E-state index contributed by atoms with van der Waals surface area (Å²) >= 11 is 0. The molecule has 11 atom stereocenters. The van der Waals surface area contributed by atoms with Crippen LogP contribution in [0, 0.1) is 51.2 Å². The molecular formula is C32H47NO4. The Morgan fingerprint density at radius 1 is 1.08 bits per heavy atom. The van der Waals surface area contributed by atoms with Crippen LogP contribution in [-0.2, 0) is 19.1 Å². The second-order valence-corrected chi connectivity index (χ2v) is 15.3. The van der Waals surface area contributed by atoms with Gasteiger partial charge in [-0.3, -0.25) is 14.6 Å². The Bertz CT molecular complexity index is 1080. The number of hydrogen-bond donors (Lipinski definition) is 0. The van der Waals surface area contributed by atoms with Gasteiger partial charge >= 0.3 is 11.9 Å². The number of aliphatic imine (C=N–C) groups is 1. The van der Waals surface area contributed by atoms with Crippen LogP contribution in [0.2, 0.25) is 0 Å². The first-order chi connectivity index (χ1) is 17.4. The van der Waals surface area contributed by atoms with Gasteiger partial charge in [0.2, 0.25) is 0 Å². The van der Waals surface area contributed by atoms with Crippen molar-refractivity contribution in [3.05, 3.63) is 0 Å². The van der Waals surface area contributed by atoms with E-state index in [0.717, 1.165) is 31.1 Å². The van der Waals surface area contributed by atoms with Crippen LogP contribution in [0.15, 0.2) is 4.99 Å². The number of esters is 2. The first-order valence-corrected chi connectivity index (χ1v) is 15.4. The Labute approximate surface area is 222 Å². The Hall–Kier alpha value is -1.39. The third-order valence-corrected chi connectivity index (χ3v) is 14.0. The lowest BCUT2D eigenvalue weighted by molar-refractivity contribution is -0.165. The zero-order chi connectivity index (χ0) is 26.2. The monoisotopic (exact) mass is 509 g/mol. The van der Waals surface area contributed by atoms with Crippen molar-refractivity contribution in [3.8, 4) is 0 Å². The van der Waals surface area contributed by atoms with Crippen LogP contribution in [0.4, 0.5) is 0 Å². The maximum absolute atomic E-state index is 13.5. The summed E-state index contributed by atoms with van der Waals surface area (Å²) in [4.78, 5) is 31.3. The minimum absolute atomic E-state index is 0.0667. The van der Waals surface area contributed by atoms with Crippen LogP contribution in [-0.4, -0.2) is 35.4 Å². The lowest BCUT2D eigenvalue weighted by Crippen LogP contribution is -2.71. The van der Waals surface area contributed by atoms with E-state index in [0.29, 0.717) is 35.1 Å². The third kappa shape index (κ3) is 2.66. The molecule has 37 heavy (non-hydrogen) atoms. The maximum Gasteiger partial charge on any atom is 0.316 e. The van der Waals surface area contributed by atoms with Gasteiger partial charge in [-0.25, -0.2) is 0 Å². The number of hydrogen-bond acceptors (Lipinski definition) is 5. The van der Waals surface area contributed by atoms with E-state index < -0.39 is 11.0 Å². The summed E-state index contributed by atoms with van der Waals surface area (Å²) in [5, 5.41) is 0. The highest BCUT2D eigenvalue weighted by Gasteiger charge is 2.79. The van der Waals surface area contributed by atoms with Crippen LogP contribution >= 0.6 is 0 Å². The van der Waals surface area contributed by atoms with Crippen LogP contribution < -0.4 is 0 Å². The molecule has 5 heteroatoms. The van der Waals surface area contributed by atoms with Crippen molar-refractivity contribution < 1.29 is 19.1 Å². The van der Waals surface area contributed by atoms with E-state index in [-0.39, 0.29) is 29.4 Å². The quantitative estimate of drug-likeness (QED) is 0.396. The molecule has 6 fully saturated rings. The SMILES string of the molecule is CC(=O)O[C@H]1CC[C@]2(C)OC(=O)[C@@]1(C)[C@H]2CC[C@@]12C3=N[C@@H]4[C@@H](CC[C@]45CCC[C@@H]51)[C@]2(C)CC[C@@H]3C(C)C. The van der Waals surface area contributed by atoms with Crippen molar-refractivity contribution >= 4 is 17.7 Å². The van der Waals surface area contributed by atoms with E-state index in [4.69, 9.17) is 14.5 Å². The number of carbonyl (C=O) groups is 2. The second-order valence-electron chi connectivity index (χ2n) is 15.3. The Morgan fingerprint density at radius 2 is 1.86 bits per heavy atom. The summed E-state index contributed by atoms with van der Waals surface area (Å²) in [7, 11) is 0. The minimum atomic E-state index is -0.761. The van der Waals surface area contributed by atoms with Crippen molar-refractivity contribution in [1.82, 2.24) is 0 Å². The molecule has 5 nitrogen and oxygen atoms in total. The largest absolute Gasteiger partial charge is 0.461 e. The molecule has 204 valence electrons. The van der Waals surface area contributed by atoms with Crippen molar-refractivity contribution in [1.29, 1.82) is 0 Å². The minimum Gasteiger partial charge on any atom is -0.461 e. The normalized spacial score (nSPS) is 54.8. The van der Waals surface area contributed by atoms with Crippen LogP contribution in [0.5, 0.6) is 0 Å². The molecule has 0 aromatic carbocycles. The van der Waals surface area contributed by atoms with Gasteiger partial charge in [0.1, 0.15) is 17.1 Å². The molecule has 3 aliphatic heterocycles. The van der Waals surface area contributed by atoms with Crippen molar-refractivity contribution in [2.45, 2.75) is 130 Å². The van der Waals surface area contributed by atoms with E-state index >= 15 is 0 Å². The summed E-state index contributed by atoms with van der Waals surface area (Å²) in [6.45, 7) is 13.1. The Morgan fingerprint density at radius 3 is 2.59 bits per heavy atom. The highest BCUT2D eigenvalue weighted by molar-refractivity contribution is 5.96. The van der Waals surface area contributed by atoms with Gasteiger partial charge in [0.05, 0.1) is 6.04 Å². The van der Waals surface area contributed by atoms with Gasteiger partial charge in [0.15, 0.2) is 0 Å². The highest BCUT2D eigenvalue weighted by atomic mass is 16.6. The first-order valence-electron chi connectivity index (χ1n) is 15.4. The Balaban J connectivity index is 1.32. The zero-order valence-corrected chi connectivity index (χ0v) is 23.9. The van der Waals surface area contributed by atoms with E-state index in [2.05, 4.69) is 27.7 Å². The molecule has 8 rings (SSSR count). The fourth-order valence-corrected chi connectivity index (χ4v) is 12.5. The molecule has 0 N–H and O–H groups in total. The van der Waals surface area contributed by atoms with E-state index in [1.165, 1.54) is 51.9 Å². The van der Waals surface area contributed by atoms with Gasteiger partial charge < -0.3 is 9.47 Å². The number of fused-ring (bicyclic) bond motifs is 2. The lowest BCUT2D eigenvalue weighted by Gasteiger charge is -2.71. The summed E-state index contributed by atoms with van der Waals surface area (Å²) in [5.41, 5.74) is 1.25. The predicted octanol–water partition coefficient (Wildman–Crippen LogP) is 6.52. The molecule has 1 spiro atoms. The summed E-state index contributed by atoms with van der Waals surface area (Å²) < 4.78 is 12.0. The van der Waals surface area contributed by atoms with Crippen molar-refractivity contribution in [2.75, 3.05) is 0 Å². The summed E-state index contributed by atoms with van der Waals surface area (Å²) in [6.07, 6.45) is 12.6. The fourth-order valence-electron chi connectivity index (χ4n) is 12.5. The topological polar surface area (TPSA) is 65.0 Å². The zero-order valence-electron chi connectivity index (χ0n) is 23.9. The molecule has 3 heterocycles. The van der Waals surface area contributed by atoms with Gasteiger partial charge in [0.25, 0.3) is 0 Å². The molecular weight excluding hydrogens is 462 g/mol. The fraction of sp³-hybridized carbons (Fsp3) is 0.906. The molecule has 0 aromatic heterocycles. The average Bonchev–Trinajstić information content (AvgIpc) is 3.44. The Kier molecular flexibility index (Phi) is 4.94. The molecule has 0 aromatic rings. The van der Waals surface area contributed by atoms with Crippen molar-refractivity contribution in [2.24, 2.45) is 56.2 Å². The number of rotatable bonds is 5. The van der Waals surface area contributed by atoms with Gasteiger partial charge in [-0.2, -0.15) is 0 Å². The molecule has 0 radical (unpaired) electrons. The molecule has 8 aliphatic rings. The number of ether oxygens (including phenoxy) is 2. The predicted molar refractivity (Wildman–Crippen MR) is 142 cm³/mol. The lowest BCUT2D eigenvalue weighted by atomic mass is 9.35. The number of carbonyl (C=O) groups excluding carboxylic acids is 2. The molecule has 8 bridgehead atoms. The second kappa shape index (κ2) is 7.42. The van der Waals surface area contributed by atoms with Crippen LogP contribution in [0.3, 0.4) is 0 Å². The number of nitrogens with zero attached hydrogens (tertiary/aromatic N) is 1. The van der Waals surface area contributed by atoms with Gasteiger partial charge in [-0.1, -0.05) is 27.2 Å². The van der Waals surface area contributed by atoms with E-state index in [1.807, 2.05) is 6.92 Å². The standard InChI is InChI=1S/C32H47NO4/c1-18(2)20-9-14-28(4)21-10-16-31-13-7-8-23(31)32(28,25(20)33-26(21)31)17-11-22-29(5)15-12-24(36-19(3)34)30(22,6)27(35)37-29/h18,20-24,26H,7-17H2,1-6H3/t20-,21-,22+,23+,24+,26-,28+,29+,30+,31+,32+/m1/s1. The van der Waals surface area contributed by atoms with Gasteiger partial charge in [0, 0.05) is 24.0 Å². The van der Waals surface area contributed by atoms with Crippen LogP contribution in [0.1, 0.15) is 112 Å². The molecule has 0 amide bonds. The average molecular weight is 510 g/mol. The summed E-state index contributed by atoms with van der Waals surface area (Å²) in [6, 6.07) is 0.558. The van der Waals surface area contributed by atoms with E-state index in [9.17, 15) is 9.59 Å². The van der Waals surface area contributed by atoms with Crippen molar-refractivity contribution in [3.63, 3.8) is 0 Å². The van der Waals surface area contributed by atoms with Crippen LogP contribution in [0.25, 0.3) is 0 Å². The third-order valence-electron chi connectivity index (χ3n) is 14.0. The molecule has 5 aliphatic carbocycles. The smallest absolute Gasteiger partial charge is 0.316 e. The van der Waals surface area contributed by atoms with Gasteiger partial charge in [-0.15, -0.1) is 0 Å². The molecule has 5 saturated carbocycles. The maximum atomic E-state index is 13.5. The van der Waals surface area contributed by atoms with E-state index in [1.54, 1.807) is 5.71 Å². The highest BCUT2D eigenvalue weighted by Crippen LogP contribution is 2.81. The van der Waals surface area contributed by atoms with Gasteiger partial charge in [-0.05, 0) is 113 Å². The molecule has 0 unspecified atom stereocenters. The first kappa shape index (κ1) is 24.6. The summed E-state index contributed by atoms with van der Waals surface area (Å²) in [5.74, 6) is 2.29. The molecule has 1 saturated heterocycles.